The van der Waals surface area contributed by atoms with Gasteiger partial charge in [-0.05, 0) is 24.3 Å². The van der Waals surface area contributed by atoms with Gasteiger partial charge in [-0.2, -0.15) is 15.4 Å². The van der Waals surface area contributed by atoms with Crippen molar-refractivity contribution in [2.24, 2.45) is 0 Å². The molecule has 1 aromatic carbocycles. The van der Waals surface area contributed by atoms with Crippen molar-refractivity contribution in [1.29, 1.82) is 0 Å². The molecule has 0 aliphatic heterocycles. The van der Waals surface area contributed by atoms with Crippen molar-refractivity contribution >= 4 is 18.1 Å². The molecule has 0 radical (unpaired) electrons. The smallest absolute Gasteiger partial charge is 0.146 e. The first-order valence-electron chi connectivity index (χ1n) is 6.05. The number of nitrogens with two attached hydrogens (primary N) is 1. The minimum Gasteiger partial charge on any atom is -0.494 e. The average molecular weight is 304 g/mol. The lowest BCUT2D eigenvalue weighted by atomic mass is 10.1. The number of nitrogen functional groups attached to an aromatic ring is 1. The Morgan fingerprint density at radius 1 is 1.05 bits per heavy atom. The molecule has 0 amide bonds. The Hall–Kier alpha value is -2.60. The van der Waals surface area contributed by atoms with Crippen LogP contribution in [0.15, 0.2) is 42.6 Å². The summed E-state index contributed by atoms with van der Waals surface area (Å²) in [6.45, 7) is 0. The molecular formula is C14H14ClN5O. The van der Waals surface area contributed by atoms with Gasteiger partial charge in [-0.3, -0.25) is 4.98 Å². The molecule has 2 aromatic heterocycles. The molecule has 0 aliphatic carbocycles. The second-order valence-electron chi connectivity index (χ2n) is 4.20. The molecule has 3 aromatic rings. The lowest BCUT2D eigenvalue weighted by Crippen LogP contribution is -1.93. The second kappa shape index (κ2) is 6.23. The summed E-state index contributed by atoms with van der Waals surface area (Å²) < 4.78 is 5.31. The summed E-state index contributed by atoms with van der Waals surface area (Å²) in [4.78, 5) is 4.32. The first-order chi connectivity index (χ1) is 9.79. The van der Waals surface area contributed by atoms with E-state index in [4.69, 9.17) is 10.5 Å². The van der Waals surface area contributed by atoms with Gasteiger partial charge >= 0.3 is 0 Å². The van der Waals surface area contributed by atoms with Crippen molar-refractivity contribution < 1.29 is 4.74 Å². The van der Waals surface area contributed by atoms with Crippen LogP contribution in [0.3, 0.4) is 0 Å². The number of hydrogen-bond acceptors (Lipinski definition) is 5. The molecule has 3 N–H and O–H groups in total. The maximum absolute atomic E-state index is 5.81. The maximum atomic E-state index is 5.81. The Kier molecular flexibility index (Phi) is 4.39. The molecule has 0 fully saturated rings. The van der Waals surface area contributed by atoms with E-state index in [0.717, 1.165) is 5.56 Å². The highest BCUT2D eigenvalue weighted by atomic mass is 35.5. The van der Waals surface area contributed by atoms with Crippen LogP contribution < -0.4 is 10.5 Å². The molecule has 0 saturated carbocycles. The monoisotopic (exact) mass is 303 g/mol. The molecule has 0 aliphatic rings. The fourth-order valence-corrected chi connectivity index (χ4v) is 2.02. The number of hydrogen-bond donors (Lipinski definition) is 2. The number of anilines is 1. The van der Waals surface area contributed by atoms with E-state index in [9.17, 15) is 0 Å². The number of aromatic nitrogens is 4. The summed E-state index contributed by atoms with van der Waals surface area (Å²) in [7, 11) is 1.60. The Balaban J connectivity index is 0.00000161. The topological polar surface area (TPSA) is 89.7 Å². The van der Waals surface area contributed by atoms with Crippen LogP contribution in [0.2, 0.25) is 0 Å². The number of pyridine rings is 1. The molecule has 0 saturated heterocycles. The molecule has 7 heteroatoms. The number of aromatic amines is 1. The number of nitrogens with one attached hydrogen (secondary N) is 1. The standard InChI is InChI=1S/C14H13N5O.ClH/c1-20-11-6-3-7-16-13(11)14-12(17-19-18-14)9-4-2-5-10(15)8-9;/h2-8H,15H2,1H3,(H,17,18,19);1H. The first-order valence-corrected chi connectivity index (χ1v) is 6.05. The molecule has 0 bridgehead atoms. The molecule has 2 heterocycles. The van der Waals surface area contributed by atoms with Crippen LogP contribution in [-0.4, -0.2) is 27.5 Å². The van der Waals surface area contributed by atoms with Gasteiger partial charge in [0.1, 0.15) is 22.8 Å². The molecule has 3 rings (SSSR count). The Bertz CT molecular complexity index is 743. The number of nitrogens with zero attached hydrogens (tertiary/aromatic N) is 3. The Labute approximate surface area is 127 Å². The quantitative estimate of drug-likeness (QED) is 0.726. The van der Waals surface area contributed by atoms with Gasteiger partial charge in [0.2, 0.25) is 0 Å². The first kappa shape index (κ1) is 14.8. The summed E-state index contributed by atoms with van der Waals surface area (Å²) in [5.74, 6) is 0.645. The van der Waals surface area contributed by atoms with Crippen LogP contribution in [0.25, 0.3) is 22.6 Å². The van der Waals surface area contributed by atoms with E-state index in [1.807, 2.05) is 36.4 Å². The number of H-pyrrole nitrogens is 1. The molecule has 0 atom stereocenters. The van der Waals surface area contributed by atoms with Gasteiger partial charge in [-0.25, -0.2) is 0 Å². The summed E-state index contributed by atoms with van der Waals surface area (Å²) in [6, 6.07) is 11.1. The minimum atomic E-state index is 0. The highest BCUT2D eigenvalue weighted by Crippen LogP contribution is 2.32. The van der Waals surface area contributed by atoms with E-state index in [2.05, 4.69) is 20.4 Å². The maximum Gasteiger partial charge on any atom is 0.146 e. The van der Waals surface area contributed by atoms with Crippen molar-refractivity contribution in [3.8, 4) is 28.4 Å². The summed E-state index contributed by atoms with van der Waals surface area (Å²) in [5, 5.41) is 11.0. The molecule has 6 nitrogen and oxygen atoms in total. The van der Waals surface area contributed by atoms with Crippen molar-refractivity contribution in [3.05, 3.63) is 42.6 Å². The number of methoxy groups -OCH3 is 1. The van der Waals surface area contributed by atoms with Gasteiger partial charge in [0.05, 0.1) is 7.11 Å². The highest BCUT2D eigenvalue weighted by molar-refractivity contribution is 5.85. The zero-order valence-corrected chi connectivity index (χ0v) is 12.1. The third-order valence-electron chi connectivity index (χ3n) is 2.92. The third kappa shape index (κ3) is 2.80. The lowest BCUT2D eigenvalue weighted by Gasteiger charge is -2.06. The zero-order chi connectivity index (χ0) is 13.9. The Morgan fingerprint density at radius 3 is 2.62 bits per heavy atom. The predicted molar refractivity (Wildman–Crippen MR) is 83.3 cm³/mol. The fraction of sp³-hybridized carbons (Fsp3) is 0.0714. The normalized spacial score (nSPS) is 9.95. The SMILES string of the molecule is COc1cccnc1-c1n[nH]nc1-c1cccc(N)c1.Cl. The van der Waals surface area contributed by atoms with Gasteiger partial charge in [0, 0.05) is 17.4 Å². The number of halogens is 1. The van der Waals surface area contributed by atoms with Crippen LogP contribution in [0.5, 0.6) is 5.75 Å². The van der Waals surface area contributed by atoms with Crippen LogP contribution in [0, 0.1) is 0 Å². The molecular weight excluding hydrogens is 290 g/mol. The van der Waals surface area contributed by atoms with Crippen LogP contribution in [0.4, 0.5) is 5.69 Å². The Morgan fingerprint density at radius 2 is 1.86 bits per heavy atom. The highest BCUT2D eigenvalue weighted by Gasteiger charge is 2.17. The summed E-state index contributed by atoms with van der Waals surface area (Å²) >= 11 is 0. The van der Waals surface area contributed by atoms with E-state index in [-0.39, 0.29) is 12.4 Å². The summed E-state index contributed by atoms with van der Waals surface area (Å²) in [5.41, 5.74) is 9.32. The van der Waals surface area contributed by atoms with Gasteiger partial charge < -0.3 is 10.5 Å². The van der Waals surface area contributed by atoms with Crippen molar-refractivity contribution in [1.82, 2.24) is 20.4 Å². The average Bonchev–Trinajstić information content (AvgIpc) is 2.96. The van der Waals surface area contributed by atoms with E-state index in [0.29, 0.717) is 28.5 Å². The molecule has 0 spiro atoms. The van der Waals surface area contributed by atoms with Crippen LogP contribution >= 0.6 is 12.4 Å². The molecule has 0 unspecified atom stereocenters. The number of rotatable bonds is 3. The van der Waals surface area contributed by atoms with Crippen LogP contribution in [0.1, 0.15) is 0 Å². The lowest BCUT2D eigenvalue weighted by molar-refractivity contribution is 0.414. The van der Waals surface area contributed by atoms with Crippen molar-refractivity contribution in [2.75, 3.05) is 12.8 Å². The largest absolute Gasteiger partial charge is 0.494 e. The van der Waals surface area contributed by atoms with E-state index in [1.54, 1.807) is 13.3 Å². The minimum absolute atomic E-state index is 0. The van der Waals surface area contributed by atoms with Crippen molar-refractivity contribution in [3.63, 3.8) is 0 Å². The van der Waals surface area contributed by atoms with E-state index in [1.165, 1.54) is 0 Å². The van der Waals surface area contributed by atoms with Crippen LogP contribution in [-0.2, 0) is 0 Å². The fourth-order valence-electron chi connectivity index (χ4n) is 2.02. The van der Waals surface area contributed by atoms with Gasteiger partial charge in [0.15, 0.2) is 0 Å². The van der Waals surface area contributed by atoms with Gasteiger partial charge in [-0.1, -0.05) is 12.1 Å². The number of benzene rings is 1. The number of ether oxygens (including phenoxy) is 1. The second-order valence-corrected chi connectivity index (χ2v) is 4.20. The molecule has 21 heavy (non-hydrogen) atoms. The van der Waals surface area contributed by atoms with Gasteiger partial charge in [-0.15, -0.1) is 12.4 Å². The van der Waals surface area contributed by atoms with E-state index >= 15 is 0 Å². The predicted octanol–water partition coefficient (Wildman–Crippen LogP) is 2.55. The van der Waals surface area contributed by atoms with Crippen molar-refractivity contribution in [2.45, 2.75) is 0 Å². The zero-order valence-electron chi connectivity index (χ0n) is 11.3. The summed E-state index contributed by atoms with van der Waals surface area (Å²) in [6.07, 6.45) is 1.69. The van der Waals surface area contributed by atoms with Gasteiger partial charge in [0.25, 0.3) is 0 Å². The van der Waals surface area contributed by atoms with E-state index < -0.39 is 0 Å². The molecule has 108 valence electrons. The third-order valence-corrected chi connectivity index (χ3v) is 2.92.